The van der Waals surface area contributed by atoms with Gasteiger partial charge in [-0.25, -0.2) is 0 Å². The molecule has 0 spiro atoms. The van der Waals surface area contributed by atoms with Gasteiger partial charge < -0.3 is 0 Å². The highest BCUT2D eigenvalue weighted by molar-refractivity contribution is 7.86. The lowest BCUT2D eigenvalue weighted by Crippen LogP contribution is -2.02. The fourth-order valence-corrected chi connectivity index (χ4v) is 1.83. The van der Waals surface area contributed by atoms with Crippen molar-refractivity contribution in [3.63, 3.8) is 0 Å². The summed E-state index contributed by atoms with van der Waals surface area (Å²) in [5.74, 6) is 5.30. The third kappa shape index (κ3) is 4.63. The molecule has 0 saturated heterocycles. The first-order chi connectivity index (χ1) is 6.47. The summed E-state index contributed by atoms with van der Waals surface area (Å²) < 4.78 is 26.2. The predicted octanol–water partition coefficient (Wildman–Crippen LogP) is 1.73. The third-order valence-electron chi connectivity index (χ3n) is 1.13. The largest absolute Gasteiger partial charge is 0.265 e. The molecule has 1 aromatic rings. The van der Waals surface area contributed by atoms with Crippen molar-refractivity contribution in [3.05, 3.63) is 21.3 Å². The van der Waals surface area contributed by atoms with Gasteiger partial charge in [-0.3, -0.25) is 4.18 Å². The van der Waals surface area contributed by atoms with Gasteiger partial charge in [0.1, 0.15) is 6.61 Å². The Balaban J connectivity index is 2.50. The molecule has 1 rings (SSSR count). The molecule has 14 heavy (non-hydrogen) atoms. The molecule has 0 amide bonds. The highest BCUT2D eigenvalue weighted by Crippen LogP contribution is 2.19. The Morgan fingerprint density at radius 2 is 2.29 bits per heavy atom. The van der Waals surface area contributed by atoms with E-state index in [9.17, 15) is 8.42 Å². The van der Waals surface area contributed by atoms with Crippen LogP contribution in [0, 0.1) is 11.8 Å². The van der Waals surface area contributed by atoms with Crippen molar-refractivity contribution < 1.29 is 12.6 Å². The number of halogens is 1. The second kappa shape index (κ2) is 4.80. The Hall–Kier alpha value is -0.540. The van der Waals surface area contributed by atoms with Crippen LogP contribution in [0.5, 0.6) is 0 Å². The van der Waals surface area contributed by atoms with E-state index in [2.05, 4.69) is 16.0 Å². The summed E-state index contributed by atoms with van der Waals surface area (Å²) in [5.41, 5.74) is 0. The van der Waals surface area contributed by atoms with Gasteiger partial charge in [-0.2, -0.15) is 8.42 Å². The Morgan fingerprint density at radius 1 is 1.57 bits per heavy atom. The number of hydrogen-bond acceptors (Lipinski definition) is 4. The standard InChI is InChI=1S/C8H7ClO3S2/c1-14(10,11)12-6-2-3-7-4-5-8(9)13-7/h4-5H,6H2,1H3. The second-order valence-corrected chi connectivity index (χ2v) is 5.73. The molecule has 6 heteroatoms. The van der Waals surface area contributed by atoms with Crippen molar-refractivity contribution in [2.24, 2.45) is 0 Å². The summed E-state index contributed by atoms with van der Waals surface area (Å²) in [7, 11) is -3.40. The van der Waals surface area contributed by atoms with Crippen LogP contribution in [0.25, 0.3) is 0 Å². The van der Waals surface area contributed by atoms with Gasteiger partial charge >= 0.3 is 0 Å². The Morgan fingerprint density at radius 3 is 2.79 bits per heavy atom. The van der Waals surface area contributed by atoms with Gasteiger partial charge in [0.2, 0.25) is 0 Å². The molecule has 0 radical (unpaired) electrons. The zero-order valence-electron chi connectivity index (χ0n) is 7.28. The van der Waals surface area contributed by atoms with Crippen LogP contribution in [-0.2, 0) is 14.3 Å². The second-order valence-electron chi connectivity index (χ2n) is 2.37. The van der Waals surface area contributed by atoms with Gasteiger partial charge in [-0.15, -0.1) is 11.3 Å². The van der Waals surface area contributed by atoms with Gasteiger partial charge in [0, 0.05) is 0 Å². The molecule has 0 N–H and O–H groups in total. The molecule has 0 aliphatic carbocycles. The predicted molar refractivity (Wildman–Crippen MR) is 57.0 cm³/mol. The Bertz CT molecular complexity index is 464. The fraction of sp³-hybridized carbons (Fsp3) is 0.250. The molecule has 1 aromatic heterocycles. The van der Waals surface area contributed by atoms with Crippen molar-refractivity contribution in [3.8, 4) is 11.8 Å². The Labute approximate surface area is 91.8 Å². The number of rotatable bonds is 2. The SMILES string of the molecule is CS(=O)(=O)OCC#Cc1ccc(Cl)s1. The summed E-state index contributed by atoms with van der Waals surface area (Å²) in [4.78, 5) is 0.784. The molecule has 0 aliphatic heterocycles. The molecule has 1 heterocycles. The minimum Gasteiger partial charge on any atom is -0.257 e. The smallest absolute Gasteiger partial charge is 0.257 e. The minimum atomic E-state index is -3.40. The Kier molecular flexibility index (Phi) is 3.96. The van der Waals surface area contributed by atoms with E-state index in [1.807, 2.05) is 0 Å². The molecule has 0 aliphatic rings. The summed E-state index contributed by atoms with van der Waals surface area (Å²) in [5, 5.41) is 0. The van der Waals surface area contributed by atoms with Crippen LogP contribution in [0.2, 0.25) is 4.34 Å². The lowest BCUT2D eigenvalue weighted by Gasteiger charge is -1.91. The van der Waals surface area contributed by atoms with Crippen LogP contribution in [0.15, 0.2) is 12.1 Å². The van der Waals surface area contributed by atoms with Crippen LogP contribution in [0.3, 0.4) is 0 Å². The highest BCUT2D eigenvalue weighted by Gasteiger charge is 1.97. The molecule has 76 valence electrons. The average Bonchev–Trinajstić information content (AvgIpc) is 2.44. The molecule has 0 fully saturated rings. The van der Waals surface area contributed by atoms with Crippen LogP contribution >= 0.6 is 22.9 Å². The first kappa shape index (κ1) is 11.5. The van der Waals surface area contributed by atoms with Gasteiger partial charge in [0.05, 0.1) is 15.5 Å². The molecular weight excluding hydrogens is 244 g/mol. The van der Waals surface area contributed by atoms with E-state index >= 15 is 0 Å². The number of thiophene rings is 1. The molecule has 0 aromatic carbocycles. The summed E-state index contributed by atoms with van der Waals surface area (Å²) in [6.07, 6.45) is 0.983. The molecule has 3 nitrogen and oxygen atoms in total. The minimum absolute atomic E-state index is 0.131. The number of hydrogen-bond donors (Lipinski definition) is 0. The van der Waals surface area contributed by atoms with Gasteiger partial charge in [-0.1, -0.05) is 23.4 Å². The maximum Gasteiger partial charge on any atom is 0.265 e. The topological polar surface area (TPSA) is 43.4 Å². The van der Waals surface area contributed by atoms with E-state index in [1.165, 1.54) is 11.3 Å². The monoisotopic (exact) mass is 250 g/mol. The van der Waals surface area contributed by atoms with E-state index in [-0.39, 0.29) is 6.61 Å². The first-order valence-corrected chi connectivity index (χ1v) is 6.57. The van der Waals surface area contributed by atoms with Gasteiger partial charge in [0.25, 0.3) is 10.1 Å². The van der Waals surface area contributed by atoms with Crippen LogP contribution < -0.4 is 0 Å². The van der Waals surface area contributed by atoms with Crippen molar-refractivity contribution in [2.45, 2.75) is 0 Å². The van der Waals surface area contributed by atoms with E-state index < -0.39 is 10.1 Å². The van der Waals surface area contributed by atoms with Crippen molar-refractivity contribution >= 4 is 33.1 Å². The van der Waals surface area contributed by atoms with Crippen LogP contribution in [-0.4, -0.2) is 21.3 Å². The van der Waals surface area contributed by atoms with E-state index in [4.69, 9.17) is 11.6 Å². The van der Waals surface area contributed by atoms with Crippen molar-refractivity contribution in [1.29, 1.82) is 0 Å². The quantitative estimate of drug-likeness (QED) is 0.593. The van der Waals surface area contributed by atoms with Crippen LogP contribution in [0.4, 0.5) is 0 Å². The summed E-state index contributed by atoms with van der Waals surface area (Å²) in [6.45, 7) is -0.131. The van der Waals surface area contributed by atoms with Crippen LogP contribution in [0.1, 0.15) is 4.88 Å². The van der Waals surface area contributed by atoms with E-state index in [0.29, 0.717) is 4.34 Å². The molecule has 0 bridgehead atoms. The normalized spacial score (nSPS) is 10.7. The lowest BCUT2D eigenvalue weighted by atomic mass is 10.4. The van der Waals surface area contributed by atoms with E-state index in [0.717, 1.165) is 11.1 Å². The lowest BCUT2D eigenvalue weighted by molar-refractivity contribution is 0.368. The average molecular weight is 251 g/mol. The molecule has 0 unspecified atom stereocenters. The fourth-order valence-electron chi connectivity index (χ4n) is 0.641. The van der Waals surface area contributed by atoms with Gasteiger partial charge in [0.15, 0.2) is 0 Å². The zero-order valence-corrected chi connectivity index (χ0v) is 9.67. The first-order valence-electron chi connectivity index (χ1n) is 3.56. The van der Waals surface area contributed by atoms with Crippen molar-refractivity contribution in [1.82, 2.24) is 0 Å². The third-order valence-corrected chi connectivity index (χ3v) is 2.82. The van der Waals surface area contributed by atoms with E-state index in [1.54, 1.807) is 12.1 Å². The maximum absolute atomic E-state index is 10.5. The van der Waals surface area contributed by atoms with Gasteiger partial charge in [-0.05, 0) is 12.1 Å². The molecule has 0 atom stereocenters. The summed E-state index contributed by atoms with van der Waals surface area (Å²) in [6, 6.07) is 3.49. The highest BCUT2D eigenvalue weighted by atomic mass is 35.5. The summed E-state index contributed by atoms with van der Waals surface area (Å²) >= 11 is 7.00. The molecular formula is C8H7ClO3S2. The molecule has 0 saturated carbocycles. The van der Waals surface area contributed by atoms with Crippen molar-refractivity contribution in [2.75, 3.05) is 12.9 Å². The zero-order chi connectivity index (χ0) is 10.6. The maximum atomic E-state index is 10.5.